The van der Waals surface area contributed by atoms with Crippen molar-refractivity contribution in [3.05, 3.63) is 194 Å². The molecule has 0 aliphatic heterocycles. The summed E-state index contributed by atoms with van der Waals surface area (Å²) < 4.78 is 58.3. The Hall–Kier alpha value is -7.21. The van der Waals surface area contributed by atoms with Crippen LogP contribution in [0.25, 0.3) is 104 Å². The van der Waals surface area contributed by atoms with Crippen LogP contribution < -0.4 is 0 Å². The topological polar surface area (TPSA) is 43.6 Å². The van der Waals surface area contributed by atoms with E-state index in [1.807, 2.05) is 97.1 Å². The van der Waals surface area contributed by atoms with E-state index >= 15 is 0 Å². The van der Waals surface area contributed by atoms with E-state index in [0.717, 1.165) is 43.5 Å². The monoisotopic (exact) mass is 738 g/mol. The molecule has 0 saturated carbocycles. The molecule has 56 heavy (non-hydrogen) atoms. The van der Waals surface area contributed by atoms with Crippen molar-refractivity contribution in [2.45, 2.75) is 0 Å². The van der Waals surface area contributed by atoms with Crippen molar-refractivity contribution in [3.63, 3.8) is 0 Å². The number of nitrogens with zero attached hydrogens (tertiary/aromatic N) is 4. The van der Waals surface area contributed by atoms with E-state index in [1.165, 1.54) is 22.2 Å². The van der Waals surface area contributed by atoms with Crippen LogP contribution in [0.1, 0.15) is 8.22 Å². The Balaban J connectivity index is 1.25. The molecule has 0 saturated heterocycles. The van der Waals surface area contributed by atoms with Crippen molar-refractivity contribution < 1.29 is 8.22 Å². The number of rotatable bonds is 6. The lowest BCUT2D eigenvalue weighted by molar-refractivity contribution is 1.07. The maximum absolute atomic E-state index is 9.35. The molecule has 0 aliphatic carbocycles. The molecule has 0 aliphatic rings. The lowest BCUT2D eigenvalue weighted by Gasteiger charge is -2.18. The lowest BCUT2D eigenvalue weighted by atomic mass is 9.94. The van der Waals surface area contributed by atoms with E-state index in [-0.39, 0.29) is 58.1 Å². The van der Waals surface area contributed by atoms with Crippen molar-refractivity contribution in [1.29, 1.82) is 0 Å². The van der Waals surface area contributed by atoms with Crippen LogP contribution in [0.4, 0.5) is 0 Å². The summed E-state index contributed by atoms with van der Waals surface area (Å²) in [6, 6.07) is 50.2. The van der Waals surface area contributed by atoms with Gasteiger partial charge in [-0.15, -0.1) is 11.3 Å². The fourth-order valence-electron chi connectivity index (χ4n) is 7.68. The summed E-state index contributed by atoms with van der Waals surface area (Å²) in [5.41, 5.74) is 6.90. The first-order chi connectivity index (χ1) is 30.2. The maximum Gasteiger partial charge on any atom is 0.164 e. The summed E-state index contributed by atoms with van der Waals surface area (Å²) in [5, 5.41) is 2.70. The van der Waals surface area contributed by atoms with Gasteiger partial charge in [0, 0.05) is 53.2 Å². The van der Waals surface area contributed by atoms with Gasteiger partial charge in [0.1, 0.15) is 0 Å². The van der Waals surface area contributed by atoms with Gasteiger partial charge in [-0.3, -0.25) is 0 Å². The molecule has 3 aromatic heterocycles. The second kappa shape index (κ2) is 13.3. The SMILES string of the molecule is [2H]c1cc([2H])c2c(c1[2H])c1c([2H])c([2H])cc([2H])c1n2-c1cc(-c2cccc3c2sc2ccccc23)ccc1-c1ccccc1-c1nc(-c2ccccc2)nc(-c2ccccc2)n1. The molecule has 0 atom stereocenters. The van der Waals surface area contributed by atoms with Crippen LogP contribution in [-0.4, -0.2) is 19.5 Å². The molecule has 0 radical (unpaired) electrons. The number of para-hydroxylation sites is 2. The normalized spacial score (nSPS) is 13.1. The lowest BCUT2D eigenvalue weighted by Crippen LogP contribution is -2.02. The van der Waals surface area contributed by atoms with Gasteiger partial charge >= 0.3 is 0 Å². The first-order valence-electron chi connectivity index (χ1n) is 21.3. The predicted octanol–water partition coefficient (Wildman–Crippen LogP) is 13.7. The Morgan fingerprint density at radius 3 is 1.68 bits per heavy atom. The van der Waals surface area contributed by atoms with Gasteiger partial charge in [0.05, 0.1) is 24.9 Å². The molecule has 4 nitrogen and oxygen atoms in total. The zero-order valence-corrected chi connectivity index (χ0v) is 30.5. The van der Waals surface area contributed by atoms with Gasteiger partial charge in [-0.1, -0.05) is 170 Å². The Kier molecular flexibility index (Phi) is 6.29. The average molecular weight is 739 g/mol. The van der Waals surface area contributed by atoms with Crippen LogP contribution in [0.15, 0.2) is 194 Å². The van der Waals surface area contributed by atoms with Crippen LogP contribution in [0.3, 0.4) is 0 Å². The second-order valence-electron chi connectivity index (χ2n) is 13.5. The standard InChI is InChI=1S/C51H32N4S/c1-3-16-33(17-4-1)49-52-50(34-18-5-2-6-19-34)54-51(53-49)43-24-8-7-20-37(43)40-31-30-35(36-25-15-26-42-41-23-11-14-29-47(41)56-48(36)42)32-46(40)55-44-27-12-9-21-38(44)39-22-10-13-28-45(39)55/h1-32H/i9D,10D,21D,22D,27D,28D. The molecule has 262 valence electrons. The molecule has 11 aromatic rings. The van der Waals surface area contributed by atoms with Gasteiger partial charge in [0.15, 0.2) is 17.5 Å². The zero-order valence-electron chi connectivity index (χ0n) is 35.7. The highest BCUT2D eigenvalue weighted by molar-refractivity contribution is 7.26. The summed E-state index contributed by atoms with van der Waals surface area (Å²) in [7, 11) is 0. The molecule has 0 bridgehead atoms. The minimum absolute atomic E-state index is 0.0313. The number of aromatic nitrogens is 4. The van der Waals surface area contributed by atoms with E-state index in [0.29, 0.717) is 28.7 Å². The molecular weight excluding hydrogens is 701 g/mol. The number of fused-ring (bicyclic) bond motifs is 6. The van der Waals surface area contributed by atoms with E-state index < -0.39 is 0 Å². The Morgan fingerprint density at radius 1 is 0.411 bits per heavy atom. The average Bonchev–Trinajstić information content (AvgIpc) is 3.88. The molecular formula is C51H32N4S. The van der Waals surface area contributed by atoms with Crippen molar-refractivity contribution >= 4 is 53.3 Å². The zero-order chi connectivity index (χ0) is 42.2. The minimum Gasteiger partial charge on any atom is -0.309 e. The summed E-state index contributed by atoms with van der Waals surface area (Å²) >= 11 is 1.72. The highest BCUT2D eigenvalue weighted by Gasteiger charge is 2.21. The van der Waals surface area contributed by atoms with Crippen molar-refractivity contribution in [2.24, 2.45) is 0 Å². The van der Waals surface area contributed by atoms with Gasteiger partial charge in [-0.2, -0.15) is 0 Å². The molecule has 0 fully saturated rings. The van der Waals surface area contributed by atoms with Crippen LogP contribution >= 0.6 is 11.3 Å². The number of thiophene rings is 1. The Bertz CT molecular complexity index is 3480. The fourth-order valence-corrected chi connectivity index (χ4v) is 8.92. The smallest absolute Gasteiger partial charge is 0.164 e. The quantitative estimate of drug-likeness (QED) is 0.171. The summed E-state index contributed by atoms with van der Waals surface area (Å²) in [6.07, 6.45) is 0. The van der Waals surface area contributed by atoms with Gasteiger partial charge < -0.3 is 4.57 Å². The molecule has 8 aromatic carbocycles. The first kappa shape index (κ1) is 26.5. The van der Waals surface area contributed by atoms with Crippen LogP contribution in [0, 0.1) is 0 Å². The van der Waals surface area contributed by atoms with Crippen LogP contribution in [0.2, 0.25) is 0 Å². The largest absolute Gasteiger partial charge is 0.309 e. The van der Waals surface area contributed by atoms with Crippen molar-refractivity contribution in [3.8, 4) is 62.1 Å². The van der Waals surface area contributed by atoms with Crippen molar-refractivity contribution in [1.82, 2.24) is 19.5 Å². The van der Waals surface area contributed by atoms with Gasteiger partial charge in [-0.25, -0.2) is 15.0 Å². The summed E-state index contributed by atoms with van der Waals surface area (Å²) in [4.78, 5) is 15.1. The van der Waals surface area contributed by atoms with Gasteiger partial charge in [0.25, 0.3) is 0 Å². The molecule has 0 spiro atoms. The van der Waals surface area contributed by atoms with E-state index in [9.17, 15) is 2.74 Å². The Labute approximate surface area is 336 Å². The first-order valence-corrected chi connectivity index (χ1v) is 19.1. The summed E-state index contributed by atoms with van der Waals surface area (Å²) in [6.45, 7) is 0. The minimum atomic E-state index is -0.170. The Morgan fingerprint density at radius 2 is 0.982 bits per heavy atom. The molecule has 0 N–H and O–H groups in total. The molecule has 0 amide bonds. The highest BCUT2D eigenvalue weighted by Crippen LogP contribution is 2.44. The maximum atomic E-state index is 9.35. The van der Waals surface area contributed by atoms with E-state index in [2.05, 4.69) is 48.5 Å². The predicted molar refractivity (Wildman–Crippen MR) is 234 cm³/mol. The highest BCUT2D eigenvalue weighted by atomic mass is 32.1. The molecule has 0 unspecified atom stereocenters. The number of benzene rings is 8. The third-order valence-electron chi connectivity index (χ3n) is 10.2. The molecule has 5 heteroatoms. The third kappa shape index (κ3) is 5.32. The van der Waals surface area contributed by atoms with Crippen molar-refractivity contribution in [2.75, 3.05) is 0 Å². The fraction of sp³-hybridized carbons (Fsp3) is 0. The second-order valence-corrected chi connectivity index (χ2v) is 14.5. The summed E-state index contributed by atoms with van der Waals surface area (Å²) in [5.74, 6) is 1.47. The third-order valence-corrected chi connectivity index (χ3v) is 11.5. The van der Waals surface area contributed by atoms with Gasteiger partial charge in [0.2, 0.25) is 0 Å². The van der Waals surface area contributed by atoms with Crippen LogP contribution in [0.5, 0.6) is 0 Å². The number of hydrogen-bond acceptors (Lipinski definition) is 4. The molecule has 11 rings (SSSR count). The van der Waals surface area contributed by atoms with Crippen LogP contribution in [-0.2, 0) is 0 Å². The van der Waals surface area contributed by atoms with E-state index in [4.69, 9.17) is 20.4 Å². The molecule has 3 heterocycles. The van der Waals surface area contributed by atoms with Gasteiger partial charge in [-0.05, 0) is 40.9 Å². The van der Waals surface area contributed by atoms with E-state index in [1.54, 1.807) is 15.9 Å². The number of hydrogen-bond donors (Lipinski definition) is 0.